The van der Waals surface area contributed by atoms with E-state index in [0.29, 0.717) is 6.61 Å². The molecule has 1 fully saturated rings. The van der Waals surface area contributed by atoms with Crippen LogP contribution in [0, 0.1) is 10.1 Å². The fraction of sp³-hybridized carbons (Fsp3) is 0.500. The van der Waals surface area contributed by atoms with Gasteiger partial charge in [-0.2, -0.15) is 0 Å². The Kier molecular flexibility index (Phi) is 3.00. The van der Waals surface area contributed by atoms with Gasteiger partial charge in [0.1, 0.15) is 6.23 Å². The van der Waals surface area contributed by atoms with Crippen LogP contribution < -0.4 is 5.56 Å². The topological polar surface area (TPSA) is 74.4 Å². The molecular formula is C10H12N2O4. The molecule has 0 spiro atoms. The maximum atomic E-state index is 11.6. The SMILES string of the molecule is O=c1ccc([N+](=O)[O-])cn1[C@@H]1CCCCO1. The molecule has 0 saturated carbocycles. The first-order valence-corrected chi connectivity index (χ1v) is 5.16. The first-order valence-electron chi connectivity index (χ1n) is 5.16. The lowest BCUT2D eigenvalue weighted by atomic mass is 10.2. The summed E-state index contributed by atoms with van der Waals surface area (Å²) >= 11 is 0. The Hall–Kier alpha value is -1.69. The molecule has 0 radical (unpaired) electrons. The van der Waals surface area contributed by atoms with Crippen LogP contribution in [0.25, 0.3) is 0 Å². The quantitative estimate of drug-likeness (QED) is 0.563. The Morgan fingerprint density at radius 1 is 1.44 bits per heavy atom. The molecule has 0 unspecified atom stereocenters. The third kappa shape index (κ3) is 2.11. The van der Waals surface area contributed by atoms with E-state index in [4.69, 9.17) is 4.74 Å². The third-order valence-corrected chi connectivity index (χ3v) is 2.60. The van der Waals surface area contributed by atoms with Gasteiger partial charge in [0.2, 0.25) is 0 Å². The Bertz CT molecular complexity index is 448. The van der Waals surface area contributed by atoms with Crippen LogP contribution in [0.3, 0.4) is 0 Å². The fourth-order valence-corrected chi connectivity index (χ4v) is 1.77. The van der Waals surface area contributed by atoms with Crippen molar-refractivity contribution in [3.05, 3.63) is 38.8 Å². The molecule has 2 rings (SSSR count). The van der Waals surface area contributed by atoms with Gasteiger partial charge in [-0.25, -0.2) is 0 Å². The van der Waals surface area contributed by atoms with Crippen molar-refractivity contribution in [3.8, 4) is 0 Å². The highest BCUT2D eigenvalue weighted by Gasteiger charge is 2.18. The molecule has 0 aromatic carbocycles. The number of nitrogens with zero attached hydrogens (tertiary/aromatic N) is 2. The lowest BCUT2D eigenvalue weighted by molar-refractivity contribution is -0.385. The zero-order valence-electron chi connectivity index (χ0n) is 8.67. The summed E-state index contributed by atoms with van der Waals surface area (Å²) in [5, 5.41) is 10.6. The number of hydrogen-bond acceptors (Lipinski definition) is 4. The summed E-state index contributed by atoms with van der Waals surface area (Å²) in [6.45, 7) is 0.597. The van der Waals surface area contributed by atoms with E-state index in [-0.39, 0.29) is 17.5 Å². The maximum absolute atomic E-state index is 11.6. The van der Waals surface area contributed by atoms with Crippen molar-refractivity contribution >= 4 is 5.69 Å². The minimum Gasteiger partial charge on any atom is -0.358 e. The van der Waals surface area contributed by atoms with E-state index in [0.717, 1.165) is 19.3 Å². The van der Waals surface area contributed by atoms with Crippen molar-refractivity contribution in [2.24, 2.45) is 0 Å². The summed E-state index contributed by atoms with van der Waals surface area (Å²) in [6.07, 6.45) is 3.56. The number of nitro groups is 1. The smallest absolute Gasteiger partial charge is 0.285 e. The highest BCUT2D eigenvalue weighted by Crippen LogP contribution is 2.22. The van der Waals surface area contributed by atoms with Crippen molar-refractivity contribution in [1.29, 1.82) is 0 Å². The minimum absolute atomic E-state index is 0.0891. The molecule has 1 saturated heterocycles. The van der Waals surface area contributed by atoms with Gasteiger partial charge in [-0.1, -0.05) is 0 Å². The Labute approximate surface area is 91.6 Å². The summed E-state index contributed by atoms with van der Waals surface area (Å²) < 4.78 is 6.72. The average molecular weight is 224 g/mol. The van der Waals surface area contributed by atoms with Crippen molar-refractivity contribution in [2.45, 2.75) is 25.5 Å². The molecule has 1 aliphatic rings. The van der Waals surface area contributed by atoms with Gasteiger partial charge < -0.3 is 4.74 Å². The van der Waals surface area contributed by atoms with Crippen molar-refractivity contribution < 1.29 is 9.66 Å². The van der Waals surface area contributed by atoms with Crippen LogP contribution >= 0.6 is 0 Å². The molecular weight excluding hydrogens is 212 g/mol. The monoisotopic (exact) mass is 224 g/mol. The zero-order valence-corrected chi connectivity index (χ0v) is 8.67. The largest absolute Gasteiger partial charge is 0.358 e. The summed E-state index contributed by atoms with van der Waals surface area (Å²) in [4.78, 5) is 21.6. The fourth-order valence-electron chi connectivity index (χ4n) is 1.77. The van der Waals surface area contributed by atoms with Gasteiger partial charge in [0.15, 0.2) is 0 Å². The molecule has 1 aromatic heterocycles. The van der Waals surface area contributed by atoms with E-state index in [1.165, 1.54) is 22.9 Å². The second-order valence-corrected chi connectivity index (χ2v) is 3.71. The van der Waals surface area contributed by atoms with Crippen LogP contribution in [-0.4, -0.2) is 16.1 Å². The molecule has 6 nitrogen and oxygen atoms in total. The summed E-state index contributed by atoms with van der Waals surface area (Å²) in [6, 6.07) is 2.41. The number of ether oxygens (including phenoxy) is 1. The first-order chi connectivity index (χ1) is 7.68. The van der Waals surface area contributed by atoms with Crippen LogP contribution in [0.5, 0.6) is 0 Å². The second-order valence-electron chi connectivity index (χ2n) is 3.71. The van der Waals surface area contributed by atoms with E-state index >= 15 is 0 Å². The van der Waals surface area contributed by atoms with E-state index in [1.807, 2.05) is 0 Å². The number of pyridine rings is 1. The lowest BCUT2D eigenvalue weighted by Gasteiger charge is -2.24. The summed E-state index contributed by atoms with van der Waals surface area (Å²) in [5.74, 6) is 0. The van der Waals surface area contributed by atoms with Gasteiger partial charge in [0.05, 0.1) is 11.1 Å². The third-order valence-electron chi connectivity index (χ3n) is 2.60. The van der Waals surface area contributed by atoms with Gasteiger partial charge in [-0.15, -0.1) is 0 Å². The molecule has 16 heavy (non-hydrogen) atoms. The van der Waals surface area contributed by atoms with Crippen molar-refractivity contribution in [1.82, 2.24) is 4.57 Å². The molecule has 0 aliphatic carbocycles. The molecule has 0 bridgehead atoms. The Balaban J connectivity index is 2.34. The number of hydrogen-bond donors (Lipinski definition) is 0. The predicted octanol–water partition coefficient (Wildman–Crippen LogP) is 1.46. The number of rotatable bonds is 2. The molecule has 1 atom stereocenters. The molecule has 0 amide bonds. The van der Waals surface area contributed by atoms with Crippen molar-refractivity contribution in [3.63, 3.8) is 0 Å². The highest BCUT2D eigenvalue weighted by molar-refractivity contribution is 5.25. The van der Waals surface area contributed by atoms with Gasteiger partial charge in [-0.05, 0) is 19.3 Å². The van der Waals surface area contributed by atoms with Gasteiger partial charge >= 0.3 is 0 Å². The molecule has 2 heterocycles. The zero-order chi connectivity index (χ0) is 11.5. The van der Waals surface area contributed by atoms with E-state index in [2.05, 4.69) is 0 Å². The molecule has 86 valence electrons. The van der Waals surface area contributed by atoms with Crippen LogP contribution in [0.15, 0.2) is 23.1 Å². The minimum atomic E-state index is -0.515. The van der Waals surface area contributed by atoms with Crippen LogP contribution in [-0.2, 0) is 4.74 Å². The average Bonchev–Trinajstić information content (AvgIpc) is 2.30. The van der Waals surface area contributed by atoms with Gasteiger partial charge in [0.25, 0.3) is 11.2 Å². The van der Waals surface area contributed by atoms with E-state index < -0.39 is 4.92 Å². The molecule has 0 N–H and O–H groups in total. The Morgan fingerprint density at radius 3 is 2.88 bits per heavy atom. The first kappa shape index (κ1) is 10.8. The highest BCUT2D eigenvalue weighted by atomic mass is 16.6. The number of aromatic nitrogens is 1. The van der Waals surface area contributed by atoms with E-state index in [1.54, 1.807) is 0 Å². The van der Waals surface area contributed by atoms with Crippen LogP contribution in [0.2, 0.25) is 0 Å². The Morgan fingerprint density at radius 2 is 2.25 bits per heavy atom. The molecule has 1 aromatic rings. The second kappa shape index (κ2) is 4.44. The summed E-state index contributed by atoms with van der Waals surface area (Å²) in [7, 11) is 0. The maximum Gasteiger partial charge on any atom is 0.285 e. The van der Waals surface area contributed by atoms with E-state index in [9.17, 15) is 14.9 Å². The summed E-state index contributed by atoms with van der Waals surface area (Å²) in [5.41, 5.74) is -0.355. The standard InChI is InChI=1S/C10H12N2O4/c13-9-5-4-8(12(14)15)7-11(9)10-3-1-2-6-16-10/h4-5,7,10H,1-3,6H2/t10-/m0/s1. The normalized spacial score (nSPS) is 20.6. The van der Waals surface area contributed by atoms with Crippen LogP contribution in [0.1, 0.15) is 25.5 Å². The predicted molar refractivity (Wildman–Crippen MR) is 56.2 cm³/mol. The van der Waals surface area contributed by atoms with Crippen LogP contribution in [0.4, 0.5) is 5.69 Å². The van der Waals surface area contributed by atoms with Crippen molar-refractivity contribution in [2.75, 3.05) is 6.61 Å². The lowest BCUT2D eigenvalue weighted by Crippen LogP contribution is -2.28. The van der Waals surface area contributed by atoms with Gasteiger partial charge in [0, 0.05) is 18.7 Å². The molecule has 1 aliphatic heterocycles. The molecule has 6 heteroatoms. The van der Waals surface area contributed by atoms with Gasteiger partial charge in [-0.3, -0.25) is 19.5 Å².